The fourth-order valence-corrected chi connectivity index (χ4v) is 4.59. The van der Waals surface area contributed by atoms with Gasteiger partial charge in [-0.15, -0.1) is 0 Å². The molecular formula is C13H18BrNO4S. The number of sulfonamides is 1. The topological polar surface area (TPSA) is 55.8 Å². The van der Waals surface area contributed by atoms with Crippen LogP contribution in [0.5, 0.6) is 5.75 Å². The normalized spacial score (nSPS) is 24.6. The Hall–Kier alpha value is -0.630. The quantitative estimate of drug-likeness (QED) is 0.826. The molecule has 7 heteroatoms. The Kier molecular flexibility index (Phi) is 4.73. The maximum Gasteiger partial charge on any atom is 0.243 e. The van der Waals surface area contributed by atoms with Gasteiger partial charge in [0.25, 0.3) is 0 Å². The van der Waals surface area contributed by atoms with E-state index in [-0.39, 0.29) is 17.1 Å². The summed E-state index contributed by atoms with van der Waals surface area (Å²) >= 11 is 3.31. The molecule has 20 heavy (non-hydrogen) atoms. The van der Waals surface area contributed by atoms with E-state index >= 15 is 0 Å². The molecule has 0 N–H and O–H groups in total. The van der Waals surface area contributed by atoms with Crippen molar-refractivity contribution >= 4 is 26.0 Å². The molecule has 5 nitrogen and oxygen atoms in total. The molecule has 2 rings (SSSR count). The number of hydrogen-bond acceptors (Lipinski definition) is 4. The molecule has 2 unspecified atom stereocenters. The Balaban J connectivity index is 2.32. The number of halogens is 1. The molecular weight excluding hydrogens is 346 g/mol. The van der Waals surface area contributed by atoms with E-state index in [0.717, 1.165) is 0 Å². The van der Waals surface area contributed by atoms with E-state index in [0.29, 0.717) is 23.3 Å². The highest BCUT2D eigenvalue weighted by atomic mass is 79.9. The second kappa shape index (κ2) is 6.01. The molecule has 0 aliphatic carbocycles. The van der Waals surface area contributed by atoms with E-state index < -0.39 is 10.0 Å². The van der Waals surface area contributed by atoms with Crippen molar-refractivity contribution in [2.45, 2.75) is 31.0 Å². The third-order valence-electron chi connectivity index (χ3n) is 3.15. The molecule has 1 aliphatic rings. The highest BCUT2D eigenvalue weighted by molar-refractivity contribution is 9.10. The van der Waals surface area contributed by atoms with Crippen molar-refractivity contribution < 1.29 is 17.9 Å². The summed E-state index contributed by atoms with van der Waals surface area (Å²) in [6.07, 6.45) is -0.203. The lowest BCUT2D eigenvalue weighted by atomic mass is 10.3. The van der Waals surface area contributed by atoms with Crippen LogP contribution < -0.4 is 4.74 Å². The molecule has 0 saturated carbocycles. The predicted molar refractivity (Wildman–Crippen MR) is 79.5 cm³/mol. The molecule has 1 aromatic carbocycles. The largest absolute Gasteiger partial charge is 0.496 e. The summed E-state index contributed by atoms with van der Waals surface area (Å²) in [5.74, 6) is 0.604. The monoisotopic (exact) mass is 363 g/mol. The smallest absolute Gasteiger partial charge is 0.243 e. The fraction of sp³-hybridized carbons (Fsp3) is 0.538. The summed E-state index contributed by atoms with van der Waals surface area (Å²) in [6.45, 7) is 4.50. The van der Waals surface area contributed by atoms with Crippen molar-refractivity contribution in [2.24, 2.45) is 0 Å². The van der Waals surface area contributed by atoms with Gasteiger partial charge in [-0.1, -0.05) is 0 Å². The van der Waals surface area contributed by atoms with Crippen LogP contribution in [0.15, 0.2) is 27.6 Å². The van der Waals surface area contributed by atoms with Crippen LogP contribution in [-0.4, -0.2) is 45.1 Å². The van der Waals surface area contributed by atoms with E-state index in [2.05, 4.69) is 15.9 Å². The maximum atomic E-state index is 12.6. The summed E-state index contributed by atoms with van der Waals surface area (Å²) in [5.41, 5.74) is 0. The van der Waals surface area contributed by atoms with Crippen LogP contribution in [-0.2, 0) is 14.8 Å². The molecule has 1 aliphatic heterocycles. The van der Waals surface area contributed by atoms with Gasteiger partial charge >= 0.3 is 0 Å². The van der Waals surface area contributed by atoms with E-state index in [1.807, 2.05) is 13.8 Å². The van der Waals surface area contributed by atoms with Crippen LogP contribution in [0.3, 0.4) is 0 Å². The molecule has 1 heterocycles. The number of hydrogen-bond donors (Lipinski definition) is 0. The lowest BCUT2D eigenvalue weighted by Crippen LogP contribution is -2.48. The van der Waals surface area contributed by atoms with Crippen LogP contribution in [0, 0.1) is 0 Å². The number of morpholine rings is 1. The predicted octanol–water partition coefficient (Wildman–Crippen LogP) is 2.26. The van der Waals surface area contributed by atoms with Gasteiger partial charge in [0, 0.05) is 13.1 Å². The standard InChI is InChI=1S/C13H18BrNO4S/c1-9-7-15(8-10(2)19-9)20(16,17)11-4-5-13(18-3)12(14)6-11/h4-6,9-10H,7-8H2,1-3H3. The SMILES string of the molecule is COc1ccc(S(=O)(=O)N2CC(C)OC(C)C2)cc1Br. The molecule has 112 valence electrons. The van der Waals surface area contributed by atoms with Crippen molar-refractivity contribution in [3.8, 4) is 5.75 Å². The third kappa shape index (κ3) is 3.16. The highest BCUT2D eigenvalue weighted by Crippen LogP contribution is 2.29. The Morgan fingerprint density at radius 3 is 2.40 bits per heavy atom. The molecule has 1 fully saturated rings. The zero-order valence-electron chi connectivity index (χ0n) is 11.7. The van der Waals surface area contributed by atoms with Crippen LogP contribution in [0.1, 0.15) is 13.8 Å². The molecule has 0 spiro atoms. The number of benzene rings is 1. The minimum atomic E-state index is -3.51. The first-order valence-corrected chi connectivity index (χ1v) is 8.57. The zero-order valence-corrected chi connectivity index (χ0v) is 14.1. The number of nitrogens with zero attached hydrogens (tertiary/aromatic N) is 1. The summed E-state index contributed by atoms with van der Waals surface area (Å²) in [5, 5.41) is 0. The summed E-state index contributed by atoms with van der Waals surface area (Å²) in [7, 11) is -1.97. The first-order chi connectivity index (χ1) is 9.34. The van der Waals surface area contributed by atoms with Gasteiger partial charge in [0.1, 0.15) is 5.75 Å². The lowest BCUT2D eigenvalue weighted by molar-refractivity contribution is -0.0440. The van der Waals surface area contributed by atoms with E-state index in [1.54, 1.807) is 25.3 Å². The third-order valence-corrected chi connectivity index (χ3v) is 5.59. The molecule has 0 radical (unpaired) electrons. The number of methoxy groups -OCH3 is 1. The van der Waals surface area contributed by atoms with Crippen molar-refractivity contribution in [1.82, 2.24) is 4.31 Å². The zero-order chi connectivity index (χ0) is 14.9. The van der Waals surface area contributed by atoms with Gasteiger partial charge in [0.2, 0.25) is 10.0 Å². The van der Waals surface area contributed by atoms with Gasteiger partial charge in [-0.25, -0.2) is 8.42 Å². The summed E-state index contributed by atoms with van der Waals surface area (Å²) < 4.78 is 38.1. The van der Waals surface area contributed by atoms with Gasteiger partial charge < -0.3 is 9.47 Å². The molecule has 0 amide bonds. The Morgan fingerprint density at radius 1 is 1.30 bits per heavy atom. The Labute approximate surface area is 128 Å². The van der Waals surface area contributed by atoms with Crippen LogP contribution >= 0.6 is 15.9 Å². The Bertz CT molecular complexity index is 580. The van der Waals surface area contributed by atoms with Gasteiger partial charge in [0.05, 0.1) is 28.7 Å². The summed E-state index contributed by atoms with van der Waals surface area (Å²) in [6, 6.07) is 4.77. The summed E-state index contributed by atoms with van der Waals surface area (Å²) in [4.78, 5) is 0.256. The van der Waals surface area contributed by atoms with E-state index in [4.69, 9.17) is 9.47 Å². The minimum Gasteiger partial charge on any atom is -0.496 e. The second-order valence-electron chi connectivity index (χ2n) is 4.88. The molecule has 2 atom stereocenters. The molecule has 1 saturated heterocycles. The van der Waals surface area contributed by atoms with E-state index in [1.165, 1.54) is 4.31 Å². The molecule has 0 bridgehead atoms. The molecule has 0 aromatic heterocycles. The first-order valence-electron chi connectivity index (χ1n) is 6.33. The number of rotatable bonds is 3. The van der Waals surface area contributed by atoms with Crippen molar-refractivity contribution in [1.29, 1.82) is 0 Å². The minimum absolute atomic E-state index is 0.102. The highest BCUT2D eigenvalue weighted by Gasteiger charge is 2.32. The average Bonchev–Trinajstić information content (AvgIpc) is 2.37. The second-order valence-corrected chi connectivity index (χ2v) is 7.67. The average molecular weight is 364 g/mol. The maximum absolute atomic E-state index is 12.6. The van der Waals surface area contributed by atoms with Gasteiger partial charge in [-0.2, -0.15) is 4.31 Å². The van der Waals surface area contributed by atoms with Crippen molar-refractivity contribution in [3.63, 3.8) is 0 Å². The fourth-order valence-electron chi connectivity index (χ4n) is 2.28. The van der Waals surface area contributed by atoms with Gasteiger partial charge in [-0.3, -0.25) is 0 Å². The van der Waals surface area contributed by atoms with Crippen LogP contribution in [0.2, 0.25) is 0 Å². The van der Waals surface area contributed by atoms with Gasteiger partial charge in [-0.05, 0) is 48.0 Å². The lowest BCUT2D eigenvalue weighted by Gasteiger charge is -2.34. The van der Waals surface area contributed by atoms with E-state index in [9.17, 15) is 8.42 Å². The van der Waals surface area contributed by atoms with Crippen molar-refractivity contribution in [2.75, 3.05) is 20.2 Å². The molecule has 1 aromatic rings. The number of ether oxygens (including phenoxy) is 2. The van der Waals surface area contributed by atoms with Crippen LogP contribution in [0.25, 0.3) is 0 Å². The Morgan fingerprint density at radius 2 is 1.90 bits per heavy atom. The van der Waals surface area contributed by atoms with Crippen LogP contribution in [0.4, 0.5) is 0 Å². The first kappa shape index (κ1) is 15.8. The van der Waals surface area contributed by atoms with Crippen molar-refractivity contribution in [3.05, 3.63) is 22.7 Å². The van der Waals surface area contributed by atoms with Gasteiger partial charge in [0.15, 0.2) is 0 Å².